The van der Waals surface area contributed by atoms with Crippen LogP contribution in [-0.2, 0) is 0 Å². The highest BCUT2D eigenvalue weighted by atomic mass is 127. The summed E-state index contributed by atoms with van der Waals surface area (Å²) in [4.78, 5) is 22.6. The smallest absolute Gasteiger partial charge is 0.449 e. The molecule has 1 aromatic heterocycles. The molecular weight excluding hydrogens is 380 g/mol. The van der Waals surface area contributed by atoms with Crippen molar-refractivity contribution in [2.24, 2.45) is 0 Å². The van der Waals surface area contributed by atoms with Gasteiger partial charge in [0.1, 0.15) is 5.82 Å². The van der Waals surface area contributed by atoms with E-state index >= 15 is 0 Å². The van der Waals surface area contributed by atoms with Gasteiger partial charge in [-0.3, -0.25) is 4.79 Å². The lowest BCUT2D eigenvalue weighted by Crippen LogP contribution is -2.16. The fourth-order valence-corrected chi connectivity index (χ4v) is 2.12. The molecule has 1 heterocycles. The number of carboxylic acid groups (broad SMARTS) is 1. The van der Waals surface area contributed by atoms with E-state index in [-0.39, 0.29) is 41.2 Å². The van der Waals surface area contributed by atoms with Crippen LogP contribution in [0, 0.1) is 5.82 Å². The summed E-state index contributed by atoms with van der Waals surface area (Å²) in [6, 6.07) is 4.11. The van der Waals surface area contributed by atoms with Crippen LogP contribution in [0.4, 0.5) is 9.18 Å². The highest BCUT2D eigenvalue weighted by Gasteiger charge is 2.26. The van der Waals surface area contributed by atoms with E-state index in [1.54, 1.807) is 4.57 Å². The normalized spacial score (nSPS) is 13.8. The first-order chi connectivity index (χ1) is 9.06. The molecule has 1 saturated carbocycles. The minimum Gasteiger partial charge on any atom is -0.449 e. The lowest BCUT2D eigenvalue weighted by molar-refractivity contribution is 0.143. The Hall–Kier alpha value is -1.64. The first-order valence-corrected chi connectivity index (χ1v) is 5.81. The van der Waals surface area contributed by atoms with Crippen molar-refractivity contribution >= 4 is 41.0 Å². The van der Waals surface area contributed by atoms with Crippen LogP contribution in [0.5, 0.6) is 5.75 Å². The van der Waals surface area contributed by atoms with Crippen LogP contribution in [0.2, 0.25) is 0 Å². The predicted molar refractivity (Wildman–Crippen MR) is 80.5 cm³/mol. The van der Waals surface area contributed by atoms with Crippen LogP contribution in [0.15, 0.2) is 29.2 Å². The SMILES string of the molecule is I.O=C(O)Oc1cn(C2CC2)c2ccc(F)cc2c1=O. The lowest BCUT2D eigenvalue weighted by atomic mass is 10.2. The maximum absolute atomic E-state index is 13.3. The summed E-state index contributed by atoms with van der Waals surface area (Å²) in [6.07, 6.45) is 1.72. The predicted octanol–water partition coefficient (Wildman–Crippen LogP) is 3.15. The van der Waals surface area contributed by atoms with E-state index in [2.05, 4.69) is 4.74 Å². The molecule has 1 aromatic carbocycles. The highest BCUT2D eigenvalue weighted by molar-refractivity contribution is 14.0. The largest absolute Gasteiger partial charge is 0.511 e. The fourth-order valence-electron chi connectivity index (χ4n) is 2.12. The standard InChI is InChI=1S/C13H10FNO4.HI/c14-7-1-4-10-9(5-7)12(16)11(19-13(17)18)6-15(10)8-2-3-8;/h1,4-6,8H,2-3H2,(H,17,18);1H. The third-order valence-corrected chi connectivity index (χ3v) is 3.10. The molecule has 5 nitrogen and oxygen atoms in total. The van der Waals surface area contributed by atoms with Gasteiger partial charge in [-0.2, -0.15) is 0 Å². The average Bonchev–Trinajstić information content (AvgIpc) is 3.16. The zero-order valence-electron chi connectivity index (χ0n) is 10.2. The Balaban J connectivity index is 0.00000147. The van der Waals surface area contributed by atoms with Crippen molar-refractivity contribution in [3.8, 4) is 5.75 Å². The van der Waals surface area contributed by atoms with Crippen LogP contribution in [-0.4, -0.2) is 15.8 Å². The van der Waals surface area contributed by atoms with Gasteiger partial charge in [-0.15, -0.1) is 24.0 Å². The van der Waals surface area contributed by atoms with E-state index in [0.717, 1.165) is 18.9 Å². The van der Waals surface area contributed by atoms with Gasteiger partial charge in [0.25, 0.3) is 0 Å². The second kappa shape index (κ2) is 5.39. The van der Waals surface area contributed by atoms with Gasteiger partial charge >= 0.3 is 6.16 Å². The van der Waals surface area contributed by atoms with Crippen molar-refractivity contribution in [1.82, 2.24) is 4.57 Å². The molecule has 7 heteroatoms. The molecule has 0 aliphatic heterocycles. The van der Waals surface area contributed by atoms with Gasteiger partial charge in [-0.05, 0) is 31.0 Å². The zero-order valence-corrected chi connectivity index (χ0v) is 12.5. The Bertz CT molecular complexity index is 739. The summed E-state index contributed by atoms with van der Waals surface area (Å²) >= 11 is 0. The van der Waals surface area contributed by atoms with Gasteiger partial charge in [0.2, 0.25) is 5.43 Å². The summed E-state index contributed by atoms with van der Waals surface area (Å²) in [5.74, 6) is -0.836. The molecule has 0 unspecified atom stereocenters. The highest BCUT2D eigenvalue weighted by Crippen LogP contribution is 2.37. The molecule has 0 saturated heterocycles. The summed E-state index contributed by atoms with van der Waals surface area (Å²) in [5.41, 5.74) is -0.0274. The van der Waals surface area contributed by atoms with Gasteiger partial charge in [0.05, 0.1) is 17.1 Å². The first-order valence-electron chi connectivity index (χ1n) is 5.81. The number of fused-ring (bicyclic) bond motifs is 1. The van der Waals surface area contributed by atoms with Crippen molar-refractivity contribution < 1.29 is 19.0 Å². The minimum absolute atomic E-state index is 0. The van der Waals surface area contributed by atoms with Gasteiger partial charge in [-0.25, -0.2) is 9.18 Å². The number of rotatable bonds is 2. The molecule has 0 bridgehead atoms. The van der Waals surface area contributed by atoms with Gasteiger partial charge < -0.3 is 14.4 Å². The Morgan fingerprint density at radius 1 is 1.40 bits per heavy atom. The van der Waals surface area contributed by atoms with E-state index < -0.39 is 17.4 Å². The van der Waals surface area contributed by atoms with Crippen LogP contribution < -0.4 is 10.2 Å². The third kappa shape index (κ3) is 2.62. The molecule has 2 aromatic rings. The molecular formula is C13H11FINO4. The molecule has 1 N–H and O–H groups in total. The molecule has 1 aliphatic rings. The quantitative estimate of drug-likeness (QED) is 0.631. The van der Waals surface area contributed by atoms with Crippen LogP contribution >= 0.6 is 24.0 Å². The van der Waals surface area contributed by atoms with Crippen LogP contribution in [0.3, 0.4) is 0 Å². The van der Waals surface area contributed by atoms with Crippen molar-refractivity contribution in [2.45, 2.75) is 18.9 Å². The lowest BCUT2D eigenvalue weighted by Gasteiger charge is -2.11. The molecule has 0 radical (unpaired) electrons. The summed E-state index contributed by atoms with van der Waals surface area (Å²) in [5, 5.41) is 8.75. The number of nitrogens with zero attached hydrogens (tertiary/aromatic N) is 1. The third-order valence-electron chi connectivity index (χ3n) is 3.10. The Labute approximate surface area is 130 Å². The summed E-state index contributed by atoms with van der Waals surface area (Å²) in [6.45, 7) is 0. The molecule has 1 fully saturated rings. The van der Waals surface area contributed by atoms with E-state index in [9.17, 15) is 14.0 Å². The molecule has 0 spiro atoms. The van der Waals surface area contributed by atoms with E-state index in [1.165, 1.54) is 18.3 Å². The fraction of sp³-hybridized carbons (Fsp3) is 0.231. The molecule has 1 aliphatic carbocycles. The molecule has 0 amide bonds. The number of halogens is 2. The topological polar surface area (TPSA) is 68.5 Å². The molecule has 0 atom stereocenters. The maximum Gasteiger partial charge on any atom is 0.511 e. The molecule has 106 valence electrons. The number of benzene rings is 1. The number of hydrogen-bond acceptors (Lipinski definition) is 3. The second-order valence-electron chi connectivity index (χ2n) is 4.49. The van der Waals surface area contributed by atoms with Crippen LogP contribution in [0.25, 0.3) is 10.9 Å². The Morgan fingerprint density at radius 2 is 2.10 bits per heavy atom. The van der Waals surface area contributed by atoms with Crippen molar-refractivity contribution in [3.05, 3.63) is 40.4 Å². The zero-order chi connectivity index (χ0) is 13.6. The van der Waals surface area contributed by atoms with E-state index in [1.807, 2.05) is 0 Å². The first kappa shape index (κ1) is 14.8. The maximum atomic E-state index is 13.3. The Kier molecular flexibility index (Phi) is 3.98. The second-order valence-corrected chi connectivity index (χ2v) is 4.49. The van der Waals surface area contributed by atoms with E-state index in [0.29, 0.717) is 5.52 Å². The Morgan fingerprint density at radius 3 is 2.70 bits per heavy atom. The number of pyridine rings is 1. The van der Waals surface area contributed by atoms with Crippen molar-refractivity contribution in [3.63, 3.8) is 0 Å². The average molecular weight is 391 g/mol. The van der Waals surface area contributed by atoms with Gasteiger partial charge in [0.15, 0.2) is 5.75 Å². The molecule has 3 rings (SSSR count). The summed E-state index contributed by atoms with van der Waals surface area (Å²) in [7, 11) is 0. The van der Waals surface area contributed by atoms with Crippen molar-refractivity contribution in [1.29, 1.82) is 0 Å². The monoisotopic (exact) mass is 391 g/mol. The number of ether oxygens (including phenoxy) is 1. The summed E-state index contributed by atoms with van der Waals surface area (Å²) < 4.78 is 19.5. The van der Waals surface area contributed by atoms with Gasteiger partial charge in [-0.1, -0.05) is 0 Å². The number of carbonyl (C=O) groups is 1. The minimum atomic E-state index is -1.56. The van der Waals surface area contributed by atoms with E-state index in [4.69, 9.17) is 5.11 Å². The number of aromatic nitrogens is 1. The number of hydrogen-bond donors (Lipinski definition) is 1. The van der Waals surface area contributed by atoms with Crippen LogP contribution in [0.1, 0.15) is 18.9 Å². The molecule has 20 heavy (non-hydrogen) atoms. The van der Waals surface area contributed by atoms with Crippen molar-refractivity contribution in [2.75, 3.05) is 0 Å². The van der Waals surface area contributed by atoms with Gasteiger partial charge in [0, 0.05) is 6.04 Å².